The summed E-state index contributed by atoms with van der Waals surface area (Å²) in [4.78, 5) is 11.3. The molecule has 0 radical (unpaired) electrons. The van der Waals surface area contributed by atoms with Gasteiger partial charge in [-0.05, 0) is 26.0 Å². The molecule has 3 nitrogen and oxygen atoms in total. The maximum Gasteiger partial charge on any atom is 0.360 e. The molecule has 1 atom stereocenters. The topological polar surface area (TPSA) is 35.5 Å². The first-order chi connectivity index (χ1) is 7.63. The van der Waals surface area contributed by atoms with Crippen molar-refractivity contribution in [2.45, 2.75) is 26.9 Å². The van der Waals surface area contributed by atoms with Crippen LogP contribution in [0.25, 0.3) is 0 Å². The number of carbonyl (C=O) groups excluding carboxylic acids is 1. The molecule has 0 fully saturated rings. The summed E-state index contributed by atoms with van der Waals surface area (Å²) >= 11 is 0. The van der Waals surface area contributed by atoms with Crippen LogP contribution in [0.5, 0.6) is 5.75 Å². The van der Waals surface area contributed by atoms with Crippen LogP contribution in [0, 0.1) is 19.0 Å². The standard InChI is InChI=1S/C13H14O3/c1-4-9-15-13(14)11(3)16-12-7-5-10(2)6-8-12/h5-8,11H,1-3H3. The van der Waals surface area contributed by atoms with Gasteiger partial charge in [0.05, 0.1) is 0 Å². The van der Waals surface area contributed by atoms with E-state index in [1.54, 1.807) is 13.8 Å². The number of rotatable bonds is 3. The molecule has 1 unspecified atom stereocenters. The molecular formula is C13H14O3. The maximum atomic E-state index is 11.3. The lowest BCUT2D eigenvalue weighted by molar-refractivity contribution is -0.143. The number of ether oxygens (including phenoxy) is 2. The molecule has 84 valence electrons. The highest BCUT2D eigenvalue weighted by atomic mass is 16.6. The normalized spacial score (nSPS) is 10.9. The summed E-state index contributed by atoms with van der Waals surface area (Å²) in [5.41, 5.74) is 1.14. The van der Waals surface area contributed by atoms with Crippen molar-refractivity contribution >= 4 is 5.97 Å². The zero-order chi connectivity index (χ0) is 12.0. The summed E-state index contributed by atoms with van der Waals surface area (Å²) in [7, 11) is 0. The second kappa shape index (κ2) is 5.82. The van der Waals surface area contributed by atoms with E-state index in [1.165, 1.54) is 0 Å². The van der Waals surface area contributed by atoms with Gasteiger partial charge in [0.25, 0.3) is 0 Å². The minimum atomic E-state index is -0.663. The lowest BCUT2D eigenvalue weighted by Gasteiger charge is -2.11. The van der Waals surface area contributed by atoms with Crippen molar-refractivity contribution in [1.82, 2.24) is 0 Å². The SMILES string of the molecule is CC#COC(=O)C(C)Oc1ccc(C)cc1. The molecule has 0 heterocycles. The fourth-order valence-electron chi connectivity index (χ4n) is 1.05. The van der Waals surface area contributed by atoms with Gasteiger partial charge in [0.1, 0.15) is 11.9 Å². The van der Waals surface area contributed by atoms with E-state index in [9.17, 15) is 4.79 Å². The Hall–Kier alpha value is -1.95. The zero-order valence-electron chi connectivity index (χ0n) is 9.61. The molecule has 0 saturated carbocycles. The summed E-state index contributed by atoms with van der Waals surface area (Å²) in [6, 6.07) is 7.45. The van der Waals surface area contributed by atoms with Gasteiger partial charge in [0.2, 0.25) is 0 Å². The van der Waals surface area contributed by atoms with E-state index in [0.717, 1.165) is 5.56 Å². The second-order valence-electron chi connectivity index (χ2n) is 3.35. The smallest absolute Gasteiger partial charge is 0.360 e. The Labute approximate surface area is 95.4 Å². The minimum Gasteiger partial charge on any atom is -0.479 e. The van der Waals surface area contributed by atoms with Crippen molar-refractivity contribution in [2.75, 3.05) is 0 Å². The van der Waals surface area contributed by atoms with Crippen LogP contribution in [0.4, 0.5) is 0 Å². The quantitative estimate of drug-likeness (QED) is 0.576. The van der Waals surface area contributed by atoms with Crippen LogP contribution in [0.15, 0.2) is 24.3 Å². The van der Waals surface area contributed by atoms with Crippen LogP contribution >= 0.6 is 0 Å². The Bertz CT molecular complexity index is 409. The Kier molecular flexibility index (Phi) is 4.41. The van der Waals surface area contributed by atoms with E-state index in [4.69, 9.17) is 4.74 Å². The average molecular weight is 218 g/mol. The van der Waals surface area contributed by atoms with E-state index in [-0.39, 0.29) is 0 Å². The Morgan fingerprint density at radius 1 is 1.31 bits per heavy atom. The summed E-state index contributed by atoms with van der Waals surface area (Å²) in [6.45, 7) is 5.20. The number of carbonyl (C=O) groups is 1. The van der Waals surface area contributed by atoms with Gasteiger partial charge < -0.3 is 9.47 Å². The molecule has 0 aliphatic rings. The monoisotopic (exact) mass is 218 g/mol. The van der Waals surface area contributed by atoms with Gasteiger partial charge in [-0.15, -0.1) is 0 Å². The van der Waals surface area contributed by atoms with Gasteiger partial charge in [0, 0.05) is 6.92 Å². The van der Waals surface area contributed by atoms with Crippen molar-refractivity contribution in [2.24, 2.45) is 0 Å². The van der Waals surface area contributed by atoms with Crippen LogP contribution in [0.1, 0.15) is 19.4 Å². The lowest BCUT2D eigenvalue weighted by Crippen LogP contribution is -2.24. The van der Waals surface area contributed by atoms with Gasteiger partial charge in [-0.2, -0.15) is 0 Å². The zero-order valence-corrected chi connectivity index (χ0v) is 9.61. The molecule has 1 aromatic rings. The summed E-state index contributed by atoms with van der Waals surface area (Å²) < 4.78 is 10.0. The van der Waals surface area contributed by atoms with Gasteiger partial charge in [-0.1, -0.05) is 23.6 Å². The average Bonchev–Trinajstić information content (AvgIpc) is 2.29. The third-order valence-corrected chi connectivity index (χ3v) is 1.92. The Balaban J connectivity index is 2.55. The first-order valence-electron chi connectivity index (χ1n) is 4.99. The first-order valence-corrected chi connectivity index (χ1v) is 4.99. The van der Waals surface area contributed by atoms with E-state index in [2.05, 4.69) is 16.8 Å². The first kappa shape index (κ1) is 12.1. The third-order valence-electron chi connectivity index (χ3n) is 1.92. The molecule has 1 rings (SSSR count). The number of hydrogen-bond donors (Lipinski definition) is 0. The molecule has 0 aromatic heterocycles. The van der Waals surface area contributed by atoms with E-state index >= 15 is 0 Å². The molecule has 0 spiro atoms. The fraction of sp³-hybridized carbons (Fsp3) is 0.308. The number of hydrogen-bond acceptors (Lipinski definition) is 3. The summed E-state index contributed by atoms with van der Waals surface area (Å²) in [6.07, 6.45) is 1.58. The van der Waals surface area contributed by atoms with Crippen molar-refractivity contribution in [3.63, 3.8) is 0 Å². The van der Waals surface area contributed by atoms with Gasteiger partial charge in [-0.3, -0.25) is 0 Å². The van der Waals surface area contributed by atoms with Crippen molar-refractivity contribution < 1.29 is 14.3 Å². The molecule has 0 saturated heterocycles. The van der Waals surface area contributed by atoms with Crippen molar-refractivity contribution in [1.29, 1.82) is 0 Å². The van der Waals surface area contributed by atoms with E-state index in [1.807, 2.05) is 31.2 Å². The van der Waals surface area contributed by atoms with E-state index < -0.39 is 12.1 Å². The van der Waals surface area contributed by atoms with E-state index in [0.29, 0.717) is 5.75 Å². The lowest BCUT2D eigenvalue weighted by atomic mass is 10.2. The van der Waals surface area contributed by atoms with Crippen molar-refractivity contribution in [3.8, 4) is 17.8 Å². The number of esters is 1. The Morgan fingerprint density at radius 2 is 1.94 bits per heavy atom. The molecule has 1 aromatic carbocycles. The predicted octanol–water partition coefficient (Wildman–Crippen LogP) is 2.29. The van der Waals surface area contributed by atoms with Crippen LogP contribution in [0.2, 0.25) is 0 Å². The predicted molar refractivity (Wildman–Crippen MR) is 60.8 cm³/mol. The van der Waals surface area contributed by atoms with Crippen LogP contribution < -0.4 is 4.74 Å². The van der Waals surface area contributed by atoms with Crippen LogP contribution in [-0.2, 0) is 9.53 Å². The Morgan fingerprint density at radius 3 is 2.50 bits per heavy atom. The fourth-order valence-corrected chi connectivity index (χ4v) is 1.05. The largest absolute Gasteiger partial charge is 0.479 e. The van der Waals surface area contributed by atoms with Crippen LogP contribution in [-0.4, -0.2) is 12.1 Å². The molecule has 3 heteroatoms. The molecular weight excluding hydrogens is 204 g/mol. The highest BCUT2D eigenvalue weighted by Gasteiger charge is 2.15. The minimum absolute atomic E-state index is 0.491. The maximum absolute atomic E-state index is 11.3. The van der Waals surface area contributed by atoms with Crippen molar-refractivity contribution in [3.05, 3.63) is 29.8 Å². The highest BCUT2D eigenvalue weighted by molar-refractivity contribution is 5.75. The molecule has 0 aliphatic carbocycles. The highest BCUT2D eigenvalue weighted by Crippen LogP contribution is 2.13. The molecule has 16 heavy (non-hydrogen) atoms. The summed E-state index contributed by atoms with van der Waals surface area (Å²) in [5, 5.41) is 0. The van der Waals surface area contributed by atoms with Gasteiger partial charge in [-0.25, -0.2) is 4.79 Å². The van der Waals surface area contributed by atoms with Gasteiger partial charge in [0.15, 0.2) is 6.10 Å². The summed E-state index contributed by atoms with van der Waals surface area (Å²) in [5.74, 6) is 2.62. The van der Waals surface area contributed by atoms with Gasteiger partial charge >= 0.3 is 5.97 Å². The molecule has 0 amide bonds. The second-order valence-corrected chi connectivity index (χ2v) is 3.35. The van der Waals surface area contributed by atoms with Crippen LogP contribution in [0.3, 0.4) is 0 Å². The third kappa shape index (κ3) is 3.66. The number of benzene rings is 1. The molecule has 0 aliphatic heterocycles. The molecule has 0 bridgehead atoms. The number of aryl methyl sites for hydroxylation is 1. The molecule has 0 N–H and O–H groups in total.